The molecule has 3 nitrogen and oxygen atoms in total. The van der Waals surface area contributed by atoms with E-state index in [2.05, 4.69) is 55.5 Å². The SMILES string of the molecule is CCOc1ccccc1C(C)N(C)C1CCC(NC)CC1. The first kappa shape index (κ1) is 16.3. The fourth-order valence-electron chi connectivity index (χ4n) is 3.42. The van der Waals surface area contributed by atoms with Crippen LogP contribution in [-0.2, 0) is 0 Å². The molecule has 118 valence electrons. The van der Waals surface area contributed by atoms with Crippen LogP contribution in [0, 0.1) is 0 Å². The molecule has 1 fully saturated rings. The highest BCUT2D eigenvalue weighted by Crippen LogP contribution is 2.33. The van der Waals surface area contributed by atoms with Crippen molar-refractivity contribution in [2.45, 2.75) is 57.7 Å². The van der Waals surface area contributed by atoms with Crippen molar-refractivity contribution in [3.63, 3.8) is 0 Å². The molecule has 1 unspecified atom stereocenters. The van der Waals surface area contributed by atoms with E-state index in [1.54, 1.807) is 0 Å². The smallest absolute Gasteiger partial charge is 0.124 e. The zero-order chi connectivity index (χ0) is 15.2. The van der Waals surface area contributed by atoms with Crippen LogP contribution in [0.3, 0.4) is 0 Å². The molecular formula is C18H30N2O. The Labute approximate surface area is 129 Å². The highest BCUT2D eigenvalue weighted by Gasteiger charge is 2.27. The average Bonchev–Trinajstić information content (AvgIpc) is 2.54. The van der Waals surface area contributed by atoms with E-state index in [0.717, 1.165) is 12.4 Å². The van der Waals surface area contributed by atoms with Crippen LogP contribution in [0.5, 0.6) is 5.75 Å². The van der Waals surface area contributed by atoms with Gasteiger partial charge in [-0.2, -0.15) is 0 Å². The Morgan fingerprint density at radius 1 is 1.24 bits per heavy atom. The quantitative estimate of drug-likeness (QED) is 0.866. The molecule has 3 heteroatoms. The van der Waals surface area contributed by atoms with E-state index < -0.39 is 0 Å². The van der Waals surface area contributed by atoms with E-state index in [-0.39, 0.29) is 0 Å². The van der Waals surface area contributed by atoms with E-state index in [1.165, 1.54) is 31.2 Å². The standard InChI is InChI=1S/C18H30N2O/c1-5-21-18-9-7-6-8-17(18)14(2)20(4)16-12-10-15(19-3)11-13-16/h6-9,14-16,19H,5,10-13H2,1-4H3. The van der Waals surface area contributed by atoms with Gasteiger partial charge in [-0.3, -0.25) is 4.90 Å². The van der Waals surface area contributed by atoms with Crippen molar-refractivity contribution in [1.82, 2.24) is 10.2 Å². The average molecular weight is 290 g/mol. The Morgan fingerprint density at radius 2 is 1.90 bits per heavy atom. The Hall–Kier alpha value is -1.06. The molecule has 1 aromatic carbocycles. The lowest BCUT2D eigenvalue weighted by atomic mass is 9.89. The van der Waals surface area contributed by atoms with Crippen molar-refractivity contribution < 1.29 is 4.74 Å². The fraction of sp³-hybridized carbons (Fsp3) is 0.667. The molecule has 1 atom stereocenters. The van der Waals surface area contributed by atoms with E-state index in [1.807, 2.05) is 6.92 Å². The van der Waals surface area contributed by atoms with Crippen LogP contribution in [0.25, 0.3) is 0 Å². The number of para-hydroxylation sites is 1. The summed E-state index contributed by atoms with van der Waals surface area (Å²) < 4.78 is 5.79. The number of hydrogen-bond donors (Lipinski definition) is 1. The summed E-state index contributed by atoms with van der Waals surface area (Å²) in [6.07, 6.45) is 5.13. The third kappa shape index (κ3) is 3.98. The van der Waals surface area contributed by atoms with Crippen LogP contribution in [0.2, 0.25) is 0 Å². The number of nitrogens with one attached hydrogen (secondary N) is 1. The van der Waals surface area contributed by atoms with Crippen LogP contribution in [0.15, 0.2) is 24.3 Å². The molecule has 0 amide bonds. The predicted molar refractivity (Wildman–Crippen MR) is 88.9 cm³/mol. The molecule has 1 aromatic rings. The second kappa shape index (κ2) is 7.81. The van der Waals surface area contributed by atoms with Crippen molar-refractivity contribution in [2.24, 2.45) is 0 Å². The van der Waals surface area contributed by atoms with Crippen molar-refractivity contribution >= 4 is 0 Å². The summed E-state index contributed by atoms with van der Waals surface area (Å²) in [5.74, 6) is 1.03. The van der Waals surface area contributed by atoms with Crippen LogP contribution < -0.4 is 10.1 Å². The van der Waals surface area contributed by atoms with Gasteiger partial charge in [0.05, 0.1) is 6.61 Å². The van der Waals surface area contributed by atoms with Gasteiger partial charge in [-0.1, -0.05) is 18.2 Å². The first-order valence-electron chi connectivity index (χ1n) is 8.28. The van der Waals surface area contributed by atoms with Gasteiger partial charge in [-0.25, -0.2) is 0 Å². The largest absolute Gasteiger partial charge is 0.494 e. The van der Waals surface area contributed by atoms with Gasteiger partial charge in [0, 0.05) is 23.7 Å². The summed E-state index contributed by atoms with van der Waals surface area (Å²) >= 11 is 0. The minimum absolute atomic E-state index is 0.392. The molecule has 21 heavy (non-hydrogen) atoms. The maximum Gasteiger partial charge on any atom is 0.124 e. The van der Waals surface area contributed by atoms with Gasteiger partial charge < -0.3 is 10.1 Å². The van der Waals surface area contributed by atoms with Crippen molar-refractivity contribution in [1.29, 1.82) is 0 Å². The van der Waals surface area contributed by atoms with Crippen molar-refractivity contribution in [3.05, 3.63) is 29.8 Å². The lowest BCUT2D eigenvalue weighted by Crippen LogP contribution is -2.40. The number of rotatable bonds is 6. The molecule has 0 bridgehead atoms. The summed E-state index contributed by atoms with van der Waals surface area (Å²) in [5, 5.41) is 3.41. The van der Waals surface area contributed by atoms with Crippen LogP contribution in [-0.4, -0.2) is 37.7 Å². The molecule has 0 saturated heterocycles. The molecule has 0 spiro atoms. The molecule has 1 aliphatic rings. The Balaban J connectivity index is 2.04. The summed E-state index contributed by atoms with van der Waals surface area (Å²) in [4.78, 5) is 2.53. The zero-order valence-corrected chi connectivity index (χ0v) is 13.9. The maximum atomic E-state index is 5.79. The van der Waals surface area contributed by atoms with Crippen molar-refractivity contribution in [3.8, 4) is 5.75 Å². The van der Waals surface area contributed by atoms with Crippen molar-refractivity contribution in [2.75, 3.05) is 20.7 Å². The molecular weight excluding hydrogens is 260 g/mol. The minimum Gasteiger partial charge on any atom is -0.494 e. The lowest BCUT2D eigenvalue weighted by Gasteiger charge is -2.38. The fourth-order valence-corrected chi connectivity index (χ4v) is 3.42. The van der Waals surface area contributed by atoms with E-state index in [0.29, 0.717) is 18.1 Å². The Kier molecular flexibility index (Phi) is 6.07. The highest BCUT2D eigenvalue weighted by molar-refractivity contribution is 5.35. The predicted octanol–water partition coefficient (Wildman–Crippen LogP) is 3.61. The minimum atomic E-state index is 0.392. The third-order valence-corrected chi connectivity index (χ3v) is 4.96. The second-order valence-corrected chi connectivity index (χ2v) is 6.11. The topological polar surface area (TPSA) is 24.5 Å². The lowest BCUT2D eigenvalue weighted by molar-refractivity contribution is 0.134. The first-order valence-corrected chi connectivity index (χ1v) is 8.28. The maximum absolute atomic E-state index is 5.79. The number of hydrogen-bond acceptors (Lipinski definition) is 3. The Morgan fingerprint density at radius 3 is 2.52 bits per heavy atom. The van der Waals surface area contributed by atoms with E-state index >= 15 is 0 Å². The van der Waals surface area contributed by atoms with Crippen LogP contribution >= 0.6 is 0 Å². The number of ether oxygens (including phenoxy) is 1. The molecule has 1 saturated carbocycles. The molecule has 0 aliphatic heterocycles. The van der Waals surface area contributed by atoms with E-state index in [9.17, 15) is 0 Å². The van der Waals surface area contributed by atoms with Gasteiger partial charge in [-0.15, -0.1) is 0 Å². The molecule has 1 N–H and O–H groups in total. The van der Waals surface area contributed by atoms with Crippen LogP contribution in [0.4, 0.5) is 0 Å². The van der Waals surface area contributed by atoms with Gasteiger partial charge in [0.2, 0.25) is 0 Å². The molecule has 0 radical (unpaired) electrons. The normalized spacial score (nSPS) is 24.0. The second-order valence-electron chi connectivity index (χ2n) is 6.11. The number of benzene rings is 1. The first-order chi connectivity index (χ1) is 10.2. The summed E-state index contributed by atoms with van der Waals surface area (Å²) in [6.45, 7) is 5.06. The van der Waals surface area contributed by atoms with Gasteiger partial charge in [0.15, 0.2) is 0 Å². The monoisotopic (exact) mass is 290 g/mol. The highest BCUT2D eigenvalue weighted by atomic mass is 16.5. The molecule has 2 rings (SSSR count). The van der Waals surface area contributed by atoms with Gasteiger partial charge in [0.1, 0.15) is 5.75 Å². The summed E-state index contributed by atoms with van der Waals surface area (Å²) in [5.41, 5.74) is 1.30. The molecule has 0 aromatic heterocycles. The van der Waals surface area contributed by atoms with Crippen LogP contribution in [0.1, 0.15) is 51.1 Å². The van der Waals surface area contributed by atoms with E-state index in [4.69, 9.17) is 4.74 Å². The molecule has 1 aliphatic carbocycles. The number of nitrogens with zero attached hydrogens (tertiary/aromatic N) is 1. The van der Waals surface area contributed by atoms with Gasteiger partial charge in [0.25, 0.3) is 0 Å². The Bertz CT molecular complexity index is 427. The van der Waals surface area contributed by atoms with Gasteiger partial charge in [-0.05, 0) is 59.7 Å². The zero-order valence-electron chi connectivity index (χ0n) is 13.9. The van der Waals surface area contributed by atoms with Gasteiger partial charge >= 0.3 is 0 Å². The molecule has 0 heterocycles. The summed E-state index contributed by atoms with van der Waals surface area (Å²) in [6, 6.07) is 10.2. The third-order valence-electron chi connectivity index (χ3n) is 4.96. The summed E-state index contributed by atoms with van der Waals surface area (Å²) in [7, 11) is 4.34.